The van der Waals surface area contributed by atoms with Crippen LogP contribution in [0, 0.1) is 0 Å². The van der Waals surface area contributed by atoms with Crippen molar-refractivity contribution >= 4 is 5.91 Å². The number of hydrogen-bond donors (Lipinski definition) is 1. The first-order valence-corrected chi connectivity index (χ1v) is 8.02. The Hall–Kier alpha value is -0.650. The van der Waals surface area contributed by atoms with Crippen molar-refractivity contribution in [3.8, 4) is 0 Å². The van der Waals surface area contributed by atoms with E-state index in [1.54, 1.807) is 7.11 Å². The van der Waals surface area contributed by atoms with Crippen LogP contribution in [0.15, 0.2) is 0 Å². The van der Waals surface area contributed by atoms with Crippen LogP contribution in [-0.4, -0.2) is 74.7 Å². The number of nitrogens with zero attached hydrogens (tertiary/aromatic N) is 2. The van der Waals surface area contributed by atoms with Gasteiger partial charge in [0.2, 0.25) is 5.91 Å². The van der Waals surface area contributed by atoms with Crippen molar-refractivity contribution < 1.29 is 9.53 Å². The Morgan fingerprint density at radius 3 is 2.90 bits per heavy atom. The molecule has 1 N–H and O–H groups in total. The highest BCUT2D eigenvalue weighted by molar-refractivity contribution is 5.76. The second-order valence-corrected chi connectivity index (χ2v) is 5.90. The van der Waals surface area contributed by atoms with Gasteiger partial charge in [-0.05, 0) is 38.8 Å². The number of hydrogen-bond acceptors (Lipinski definition) is 4. The molecule has 0 saturated carbocycles. The molecular weight excluding hydrogens is 254 g/mol. The summed E-state index contributed by atoms with van der Waals surface area (Å²) in [6, 6.07) is 0.573. The molecule has 0 aromatic heterocycles. The quantitative estimate of drug-likeness (QED) is 0.779. The van der Waals surface area contributed by atoms with Crippen molar-refractivity contribution in [3.63, 3.8) is 0 Å². The second-order valence-electron chi connectivity index (χ2n) is 5.90. The van der Waals surface area contributed by atoms with E-state index in [0.717, 1.165) is 58.7 Å². The molecule has 5 heteroatoms. The van der Waals surface area contributed by atoms with E-state index in [2.05, 4.69) is 15.1 Å². The smallest absolute Gasteiger partial charge is 0.222 e. The zero-order valence-corrected chi connectivity index (χ0v) is 12.8. The predicted molar refractivity (Wildman–Crippen MR) is 79.8 cm³/mol. The third-order valence-electron chi connectivity index (χ3n) is 4.42. The van der Waals surface area contributed by atoms with Gasteiger partial charge in [0.05, 0.1) is 6.61 Å². The lowest BCUT2D eigenvalue weighted by molar-refractivity contribution is -0.131. The van der Waals surface area contributed by atoms with E-state index < -0.39 is 0 Å². The van der Waals surface area contributed by atoms with Gasteiger partial charge in [0.25, 0.3) is 0 Å². The number of carbonyl (C=O) groups is 1. The molecular formula is C15H29N3O2. The van der Waals surface area contributed by atoms with Crippen molar-refractivity contribution in [2.45, 2.75) is 38.1 Å². The van der Waals surface area contributed by atoms with Crippen molar-refractivity contribution in [2.75, 3.05) is 53.0 Å². The van der Waals surface area contributed by atoms with Gasteiger partial charge < -0.3 is 15.0 Å². The van der Waals surface area contributed by atoms with Crippen molar-refractivity contribution in [1.29, 1.82) is 0 Å². The first kappa shape index (κ1) is 15.7. The molecule has 2 fully saturated rings. The standard InChI is InChI=1S/C15H29N3O2/c1-20-13-12-17-8-3-9-18(11-10-17)15(19)6-5-14-4-2-7-16-14/h14,16H,2-13H2,1H3. The summed E-state index contributed by atoms with van der Waals surface area (Å²) in [5.74, 6) is 0.340. The molecule has 2 saturated heterocycles. The Morgan fingerprint density at radius 1 is 1.25 bits per heavy atom. The maximum atomic E-state index is 12.3. The molecule has 1 amide bonds. The topological polar surface area (TPSA) is 44.8 Å². The van der Waals surface area contributed by atoms with Gasteiger partial charge in [-0.1, -0.05) is 0 Å². The SMILES string of the molecule is COCCN1CCCN(C(=O)CCC2CCCN2)CC1. The molecule has 0 bridgehead atoms. The summed E-state index contributed by atoms with van der Waals surface area (Å²) >= 11 is 0. The first-order valence-electron chi connectivity index (χ1n) is 8.02. The highest BCUT2D eigenvalue weighted by Crippen LogP contribution is 2.13. The zero-order chi connectivity index (χ0) is 14.2. The third-order valence-corrected chi connectivity index (χ3v) is 4.42. The van der Waals surface area contributed by atoms with Crippen LogP contribution in [0.25, 0.3) is 0 Å². The van der Waals surface area contributed by atoms with Crippen molar-refractivity contribution in [1.82, 2.24) is 15.1 Å². The largest absolute Gasteiger partial charge is 0.383 e. The van der Waals surface area contributed by atoms with E-state index in [9.17, 15) is 4.79 Å². The van der Waals surface area contributed by atoms with Gasteiger partial charge in [-0.3, -0.25) is 9.69 Å². The van der Waals surface area contributed by atoms with Crippen LogP contribution in [0.3, 0.4) is 0 Å². The maximum Gasteiger partial charge on any atom is 0.222 e. The number of ether oxygens (including phenoxy) is 1. The summed E-state index contributed by atoms with van der Waals surface area (Å²) in [4.78, 5) is 16.7. The van der Waals surface area contributed by atoms with E-state index >= 15 is 0 Å². The summed E-state index contributed by atoms with van der Waals surface area (Å²) in [5, 5.41) is 3.46. The van der Waals surface area contributed by atoms with Crippen molar-refractivity contribution in [3.05, 3.63) is 0 Å². The fourth-order valence-electron chi connectivity index (χ4n) is 3.12. The number of rotatable bonds is 6. The van der Waals surface area contributed by atoms with Gasteiger partial charge in [-0.2, -0.15) is 0 Å². The van der Waals surface area contributed by atoms with Gasteiger partial charge in [0.1, 0.15) is 0 Å². The average Bonchev–Trinajstić information content (AvgIpc) is 2.87. The molecule has 0 spiro atoms. The molecule has 2 rings (SSSR count). The minimum atomic E-state index is 0.340. The number of nitrogens with one attached hydrogen (secondary N) is 1. The van der Waals surface area contributed by atoms with Crippen LogP contribution < -0.4 is 5.32 Å². The fourth-order valence-corrected chi connectivity index (χ4v) is 3.12. The molecule has 0 aromatic carbocycles. The molecule has 1 atom stereocenters. The normalized spacial score (nSPS) is 24.9. The summed E-state index contributed by atoms with van der Waals surface area (Å²) in [6.45, 7) is 6.73. The van der Waals surface area contributed by atoms with Gasteiger partial charge in [-0.25, -0.2) is 0 Å². The first-order chi connectivity index (χ1) is 9.79. The van der Waals surface area contributed by atoms with Gasteiger partial charge in [0.15, 0.2) is 0 Å². The minimum Gasteiger partial charge on any atom is -0.383 e. The van der Waals surface area contributed by atoms with E-state index in [1.807, 2.05) is 0 Å². The molecule has 2 aliphatic rings. The summed E-state index contributed by atoms with van der Waals surface area (Å²) in [5.41, 5.74) is 0. The van der Waals surface area contributed by atoms with Crippen LogP contribution in [0.2, 0.25) is 0 Å². The Bertz CT molecular complexity index is 293. The number of carbonyl (C=O) groups excluding carboxylic acids is 1. The molecule has 0 radical (unpaired) electrons. The maximum absolute atomic E-state index is 12.3. The van der Waals surface area contributed by atoms with Crippen LogP contribution in [0.4, 0.5) is 0 Å². The van der Waals surface area contributed by atoms with Gasteiger partial charge >= 0.3 is 0 Å². The van der Waals surface area contributed by atoms with Crippen LogP contribution in [0.1, 0.15) is 32.1 Å². The molecule has 20 heavy (non-hydrogen) atoms. The summed E-state index contributed by atoms with van der Waals surface area (Å²) in [6.07, 6.45) is 5.28. The van der Waals surface area contributed by atoms with Crippen molar-refractivity contribution in [2.24, 2.45) is 0 Å². The Kier molecular flexibility index (Phi) is 6.76. The Morgan fingerprint density at radius 2 is 2.15 bits per heavy atom. The lowest BCUT2D eigenvalue weighted by Crippen LogP contribution is -2.36. The van der Waals surface area contributed by atoms with E-state index in [4.69, 9.17) is 4.74 Å². The highest BCUT2D eigenvalue weighted by Gasteiger charge is 2.21. The van der Waals surface area contributed by atoms with Crippen LogP contribution >= 0.6 is 0 Å². The average molecular weight is 283 g/mol. The summed E-state index contributed by atoms with van der Waals surface area (Å²) in [7, 11) is 1.74. The number of amides is 1. The van der Waals surface area contributed by atoms with Crippen LogP contribution in [0.5, 0.6) is 0 Å². The monoisotopic (exact) mass is 283 g/mol. The fraction of sp³-hybridized carbons (Fsp3) is 0.933. The molecule has 0 aliphatic carbocycles. The minimum absolute atomic E-state index is 0.340. The molecule has 2 aliphatic heterocycles. The Labute approximate surface area is 122 Å². The van der Waals surface area contributed by atoms with E-state index in [0.29, 0.717) is 18.4 Å². The molecule has 2 heterocycles. The highest BCUT2D eigenvalue weighted by atomic mass is 16.5. The molecule has 0 aromatic rings. The van der Waals surface area contributed by atoms with E-state index in [1.165, 1.54) is 12.8 Å². The molecule has 116 valence electrons. The van der Waals surface area contributed by atoms with Gasteiger partial charge in [0, 0.05) is 45.8 Å². The molecule has 1 unspecified atom stereocenters. The lowest BCUT2D eigenvalue weighted by Gasteiger charge is -2.22. The van der Waals surface area contributed by atoms with Gasteiger partial charge in [-0.15, -0.1) is 0 Å². The second kappa shape index (κ2) is 8.60. The predicted octanol–water partition coefficient (Wildman–Crippen LogP) is 0.699. The van der Waals surface area contributed by atoms with Crippen LogP contribution in [-0.2, 0) is 9.53 Å². The third kappa shape index (κ3) is 5.04. The zero-order valence-electron chi connectivity index (χ0n) is 12.8. The lowest BCUT2D eigenvalue weighted by atomic mass is 10.1. The Balaban J connectivity index is 1.67. The number of methoxy groups -OCH3 is 1. The molecule has 5 nitrogen and oxygen atoms in total. The summed E-state index contributed by atoms with van der Waals surface area (Å²) < 4.78 is 5.13. The van der Waals surface area contributed by atoms with E-state index in [-0.39, 0.29) is 0 Å².